The third-order valence-corrected chi connectivity index (χ3v) is 2.73. The van der Waals surface area contributed by atoms with Crippen LogP contribution in [0.2, 0.25) is 0 Å². The average molecular weight is 261 g/mol. The summed E-state index contributed by atoms with van der Waals surface area (Å²) in [6.45, 7) is 2.23. The molecule has 1 fully saturated rings. The first kappa shape index (κ1) is 9.92. The molecular formula is C8H13BrN4O. The van der Waals surface area contributed by atoms with Crippen molar-refractivity contribution in [1.29, 1.82) is 0 Å². The highest BCUT2D eigenvalue weighted by molar-refractivity contribution is 9.10. The zero-order valence-corrected chi connectivity index (χ0v) is 9.40. The van der Waals surface area contributed by atoms with E-state index in [1.807, 2.05) is 0 Å². The molecule has 14 heavy (non-hydrogen) atoms. The van der Waals surface area contributed by atoms with Crippen LogP contribution in [0.3, 0.4) is 0 Å². The summed E-state index contributed by atoms with van der Waals surface area (Å²) in [7, 11) is 0. The Labute approximate surface area is 90.8 Å². The largest absolute Gasteiger partial charge is 0.379 e. The molecule has 5 nitrogen and oxygen atoms in total. The van der Waals surface area contributed by atoms with Gasteiger partial charge in [-0.3, -0.25) is 0 Å². The molecule has 0 bridgehead atoms. The van der Waals surface area contributed by atoms with E-state index in [1.54, 1.807) is 4.68 Å². The van der Waals surface area contributed by atoms with Crippen LogP contribution in [-0.4, -0.2) is 28.0 Å². The second-order valence-electron chi connectivity index (χ2n) is 3.48. The monoisotopic (exact) mass is 260 g/mol. The van der Waals surface area contributed by atoms with Gasteiger partial charge in [0.05, 0.1) is 13.2 Å². The van der Waals surface area contributed by atoms with Crippen LogP contribution in [0.15, 0.2) is 4.73 Å². The van der Waals surface area contributed by atoms with Crippen LogP contribution >= 0.6 is 15.9 Å². The van der Waals surface area contributed by atoms with Crippen LogP contribution in [0.4, 0.5) is 5.95 Å². The number of nitrogens with two attached hydrogens (primary N) is 1. The van der Waals surface area contributed by atoms with Crippen molar-refractivity contribution in [1.82, 2.24) is 14.8 Å². The Bertz CT molecular complexity index is 310. The Kier molecular flexibility index (Phi) is 3.02. The number of aromatic nitrogens is 3. The molecule has 78 valence electrons. The predicted molar refractivity (Wildman–Crippen MR) is 55.7 cm³/mol. The van der Waals surface area contributed by atoms with Crippen LogP contribution in [0, 0.1) is 5.92 Å². The van der Waals surface area contributed by atoms with E-state index in [-0.39, 0.29) is 0 Å². The zero-order chi connectivity index (χ0) is 9.97. The third-order valence-electron chi connectivity index (χ3n) is 2.14. The first-order valence-corrected chi connectivity index (χ1v) is 5.48. The molecule has 0 aliphatic heterocycles. The average Bonchev–Trinajstić information content (AvgIpc) is 2.88. The molecule has 0 amide bonds. The molecule has 2 N–H and O–H groups in total. The van der Waals surface area contributed by atoms with E-state index in [4.69, 9.17) is 10.5 Å². The Morgan fingerprint density at radius 3 is 2.93 bits per heavy atom. The van der Waals surface area contributed by atoms with Gasteiger partial charge in [-0.2, -0.15) is 4.98 Å². The second-order valence-corrected chi connectivity index (χ2v) is 4.19. The lowest BCUT2D eigenvalue weighted by molar-refractivity contribution is 0.114. The Morgan fingerprint density at radius 1 is 1.57 bits per heavy atom. The van der Waals surface area contributed by atoms with Crippen molar-refractivity contribution in [2.75, 3.05) is 18.9 Å². The van der Waals surface area contributed by atoms with Crippen molar-refractivity contribution in [3.05, 3.63) is 4.73 Å². The van der Waals surface area contributed by atoms with Crippen molar-refractivity contribution in [2.24, 2.45) is 5.92 Å². The summed E-state index contributed by atoms with van der Waals surface area (Å²) in [6, 6.07) is 0. The van der Waals surface area contributed by atoms with Gasteiger partial charge in [0.1, 0.15) is 0 Å². The standard InChI is InChI=1S/C8H13BrN4O/c9-7-11-8(10)12-13(7)3-4-14-5-6-1-2-6/h6H,1-5H2,(H2,10,12). The summed E-state index contributed by atoms with van der Waals surface area (Å²) in [5.41, 5.74) is 5.43. The molecule has 1 heterocycles. The van der Waals surface area contributed by atoms with Crippen LogP contribution in [0.5, 0.6) is 0 Å². The molecule has 0 radical (unpaired) electrons. The summed E-state index contributed by atoms with van der Waals surface area (Å²) in [5.74, 6) is 1.10. The van der Waals surface area contributed by atoms with Crippen molar-refractivity contribution < 1.29 is 4.74 Å². The molecule has 0 atom stereocenters. The zero-order valence-electron chi connectivity index (χ0n) is 7.82. The number of ether oxygens (including phenoxy) is 1. The summed E-state index contributed by atoms with van der Waals surface area (Å²) in [4.78, 5) is 3.93. The fourth-order valence-electron chi connectivity index (χ4n) is 1.17. The molecule has 6 heteroatoms. The van der Waals surface area contributed by atoms with E-state index in [1.165, 1.54) is 12.8 Å². The van der Waals surface area contributed by atoms with E-state index >= 15 is 0 Å². The van der Waals surface area contributed by atoms with Crippen LogP contribution in [0.1, 0.15) is 12.8 Å². The molecule has 1 aliphatic carbocycles. The van der Waals surface area contributed by atoms with Gasteiger partial charge in [-0.25, -0.2) is 4.68 Å². The van der Waals surface area contributed by atoms with E-state index in [2.05, 4.69) is 26.0 Å². The highest BCUT2D eigenvalue weighted by atomic mass is 79.9. The maximum absolute atomic E-state index is 5.48. The van der Waals surface area contributed by atoms with Gasteiger partial charge in [0.15, 0.2) is 4.73 Å². The minimum Gasteiger partial charge on any atom is -0.379 e. The lowest BCUT2D eigenvalue weighted by atomic mass is 10.5. The van der Waals surface area contributed by atoms with Crippen LogP contribution in [-0.2, 0) is 11.3 Å². The third kappa shape index (κ3) is 2.68. The smallest absolute Gasteiger partial charge is 0.240 e. The molecule has 0 spiro atoms. The van der Waals surface area contributed by atoms with Crippen molar-refractivity contribution >= 4 is 21.9 Å². The predicted octanol–water partition coefficient (Wildman–Crippen LogP) is 1.05. The molecule has 1 aliphatic rings. The highest BCUT2D eigenvalue weighted by Crippen LogP contribution is 2.28. The molecule has 1 saturated carbocycles. The Balaban J connectivity index is 1.70. The van der Waals surface area contributed by atoms with Gasteiger partial charge >= 0.3 is 0 Å². The van der Waals surface area contributed by atoms with Gasteiger partial charge < -0.3 is 10.5 Å². The first-order valence-electron chi connectivity index (χ1n) is 4.69. The molecule has 0 unspecified atom stereocenters. The number of hydrogen-bond acceptors (Lipinski definition) is 4. The highest BCUT2D eigenvalue weighted by Gasteiger charge is 2.20. The normalized spacial score (nSPS) is 16.1. The lowest BCUT2D eigenvalue weighted by Crippen LogP contribution is -2.09. The molecular weight excluding hydrogens is 248 g/mol. The number of nitrogens with zero attached hydrogens (tertiary/aromatic N) is 3. The van der Waals surface area contributed by atoms with Crippen molar-refractivity contribution in [2.45, 2.75) is 19.4 Å². The summed E-state index contributed by atoms with van der Waals surface area (Å²) in [6.07, 6.45) is 2.64. The number of hydrogen-bond donors (Lipinski definition) is 1. The number of anilines is 1. The number of halogens is 1. The Hall–Kier alpha value is -0.620. The van der Waals surface area contributed by atoms with Gasteiger partial charge in [0.2, 0.25) is 5.95 Å². The number of nitrogen functional groups attached to an aromatic ring is 1. The summed E-state index contributed by atoms with van der Waals surface area (Å²) < 4.78 is 7.83. The minimum absolute atomic E-state index is 0.291. The molecule has 2 rings (SSSR count). The van der Waals surface area contributed by atoms with Gasteiger partial charge in [0, 0.05) is 6.61 Å². The SMILES string of the molecule is Nc1nc(Br)n(CCOCC2CC2)n1. The minimum atomic E-state index is 0.291. The molecule has 1 aromatic heterocycles. The van der Waals surface area contributed by atoms with E-state index in [9.17, 15) is 0 Å². The van der Waals surface area contributed by atoms with Gasteiger partial charge in [-0.1, -0.05) is 0 Å². The van der Waals surface area contributed by atoms with Crippen LogP contribution < -0.4 is 5.73 Å². The van der Waals surface area contributed by atoms with E-state index in [0.29, 0.717) is 23.8 Å². The van der Waals surface area contributed by atoms with Gasteiger partial charge in [-0.05, 0) is 34.7 Å². The first-order chi connectivity index (χ1) is 6.75. The molecule has 0 aromatic carbocycles. The van der Waals surface area contributed by atoms with Gasteiger partial charge in [0.25, 0.3) is 0 Å². The maximum Gasteiger partial charge on any atom is 0.240 e. The quantitative estimate of drug-likeness (QED) is 0.804. The second kappa shape index (κ2) is 4.27. The van der Waals surface area contributed by atoms with E-state index < -0.39 is 0 Å². The Morgan fingerprint density at radius 2 is 2.36 bits per heavy atom. The topological polar surface area (TPSA) is 66.0 Å². The maximum atomic E-state index is 5.48. The lowest BCUT2D eigenvalue weighted by Gasteiger charge is -2.03. The van der Waals surface area contributed by atoms with Crippen molar-refractivity contribution in [3.63, 3.8) is 0 Å². The molecule has 1 aromatic rings. The number of rotatable bonds is 5. The summed E-state index contributed by atoms with van der Waals surface area (Å²) >= 11 is 3.26. The molecule has 0 saturated heterocycles. The fourth-order valence-corrected chi connectivity index (χ4v) is 1.61. The van der Waals surface area contributed by atoms with Gasteiger partial charge in [-0.15, -0.1) is 5.10 Å². The van der Waals surface area contributed by atoms with E-state index in [0.717, 1.165) is 12.5 Å². The van der Waals surface area contributed by atoms with Crippen LogP contribution in [0.25, 0.3) is 0 Å². The fraction of sp³-hybridized carbons (Fsp3) is 0.750. The summed E-state index contributed by atoms with van der Waals surface area (Å²) in [5, 5.41) is 4.00. The van der Waals surface area contributed by atoms with Crippen molar-refractivity contribution in [3.8, 4) is 0 Å².